The van der Waals surface area contributed by atoms with Gasteiger partial charge >= 0.3 is 0 Å². The highest BCUT2D eigenvalue weighted by Gasteiger charge is 2.20. The molecule has 1 N–H and O–H groups in total. The van der Waals surface area contributed by atoms with Crippen LogP contribution in [0, 0.1) is 0 Å². The molecule has 0 aliphatic carbocycles. The Morgan fingerprint density at radius 2 is 1.83 bits per heavy atom. The lowest BCUT2D eigenvalue weighted by Gasteiger charge is -2.19. The van der Waals surface area contributed by atoms with Crippen LogP contribution in [-0.2, 0) is 11.3 Å². The predicted octanol–water partition coefficient (Wildman–Crippen LogP) is 4.17. The van der Waals surface area contributed by atoms with Gasteiger partial charge in [0.25, 0.3) is 0 Å². The van der Waals surface area contributed by atoms with Gasteiger partial charge in [-0.05, 0) is 17.2 Å². The van der Waals surface area contributed by atoms with E-state index in [1.54, 1.807) is 6.07 Å². The van der Waals surface area contributed by atoms with Crippen molar-refractivity contribution >= 4 is 17.5 Å². The van der Waals surface area contributed by atoms with Crippen molar-refractivity contribution in [1.82, 2.24) is 10.5 Å². The Labute approximate surface area is 145 Å². The smallest absolute Gasteiger partial charge is 0.221 e. The van der Waals surface area contributed by atoms with Gasteiger partial charge in [-0.3, -0.25) is 4.79 Å². The molecule has 1 unspecified atom stereocenters. The summed E-state index contributed by atoms with van der Waals surface area (Å²) >= 11 is 6.36. The lowest BCUT2D eigenvalue weighted by molar-refractivity contribution is -0.121. The fraction of sp³-hybridized carbons (Fsp3) is 0.158. The Kier molecular flexibility index (Phi) is 5.29. The van der Waals surface area contributed by atoms with E-state index < -0.39 is 0 Å². The summed E-state index contributed by atoms with van der Waals surface area (Å²) in [6.45, 7) is 0.347. The molecule has 4 nitrogen and oxygen atoms in total. The highest BCUT2D eigenvalue weighted by atomic mass is 35.5. The highest BCUT2D eigenvalue weighted by Crippen LogP contribution is 2.32. The van der Waals surface area contributed by atoms with Gasteiger partial charge in [-0.1, -0.05) is 65.3 Å². The molecule has 0 aliphatic rings. The molecule has 122 valence electrons. The van der Waals surface area contributed by atoms with Crippen molar-refractivity contribution in [3.05, 3.63) is 88.8 Å². The first-order valence-corrected chi connectivity index (χ1v) is 8.07. The van der Waals surface area contributed by atoms with Gasteiger partial charge < -0.3 is 9.84 Å². The molecule has 2 aromatic carbocycles. The van der Waals surface area contributed by atoms with Crippen molar-refractivity contribution in [2.75, 3.05) is 0 Å². The van der Waals surface area contributed by atoms with Gasteiger partial charge in [0.05, 0.1) is 6.54 Å². The minimum absolute atomic E-state index is 0.0632. The normalized spacial score (nSPS) is 11.9. The van der Waals surface area contributed by atoms with Crippen molar-refractivity contribution in [2.24, 2.45) is 0 Å². The molecule has 3 rings (SSSR count). The third kappa shape index (κ3) is 4.03. The van der Waals surface area contributed by atoms with E-state index in [1.165, 1.54) is 6.26 Å². The van der Waals surface area contributed by atoms with Crippen LogP contribution in [-0.4, -0.2) is 11.1 Å². The summed E-state index contributed by atoms with van der Waals surface area (Å²) in [4.78, 5) is 12.4. The fourth-order valence-electron chi connectivity index (χ4n) is 2.63. The summed E-state index contributed by atoms with van der Waals surface area (Å²) in [6, 6.07) is 19.3. The summed E-state index contributed by atoms with van der Waals surface area (Å²) < 4.78 is 4.76. The van der Waals surface area contributed by atoms with E-state index in [4.69, 9.17) is 16.1 Å². The zero-order valence-electron chi connectivity index (χ0n) is 13.0. The minimum Gasteiger partial charge on any atom is -0.364 e. The number of benzene rings is 2. The summed E-state index contributed by atoms with van der Waals surface area (Å²) in [5.74, 6) is -0.163. The Hall–Kier alpha value is -2.59. The lowest BCUT2D eigenvalue weighted by atomic mass is 9.88. The molecule has 0 saturated heterocycles. The number of hydrogen-bond acceptors (Lipinski definition) is 3. The summed E-state index contributed by atoms with van der Waals surface area (Å²) in [6.07, 6.45) is 1.80. The van der Waals surface area contributed by atoms with Crippen LogP contribution in [0.2, 0.25) is 5.02 Å². The van der Waals surface area contributed by atoms with Crippen molar-refractivity contribution in [2.45, 2.75) is 18.9 Å². The van der Waals surface area contributed by atoms with Gasteiger partial charge in [0, 0.05) is 23.4 Å². The SMILES string of the molecule is O=C(CC(c1ccccc1)c1ccccc1Cl)NCc1ccon1. The molecule has 0 saturated carbocycles. The van der Waals surface area contributed by atoms with Crippen LogP contribution >= 0.6 is 11.6 Å². The molecule has 0 aliphatic heterocycles. The van der Waals surface area contributed by atoms with Crippen LogP contribution < -0.4 is 5.32 Å². The Balaban J connectivity index is 1.78. The fourth-order valence-corrected chi connectivity index (χ4v) is 2.89. The van der Waals surface area contributed by atoms with Crippen LogP contribution in [0.1, 0.15) is 29.2 Å². The van der Waals surface area contributed by atoms with Crippen LogP contribution in [0.5, 0.6) is 0 Å². The molecule has 0 spiro atoms. The first-order chi connectivity index (χ1) is 11.7. The average molecular weight is 341 g/mol. The number of halogens is 1. The van der Waals surface area contributed by atoms with Crippen LogP contribution in [0.4, 0.5) is 0 Å². The van der Waals surface area contributed by atoms with Gasteiger partial charge in [-0.2, -0.15) is 0 Å². The van der Waals surface area contributed by atoms with E-state index in [-0.39, 0.29) is 11.8 Å². The zero-order valence-corrected chi connectivity index (χ0v) is 13.7. The molecular weight excluding hydrogens is 324 g/mol. The van der Waals surface area contributed by atoms with Crippen LogP contribution in [0.25, 0.3) is 0 Å². The Bertz CT molecular complexity index is 788. The van der Waals surface area contributed by atoms with Gasteiger partial charge in [0.1, 0.15) is 12.0 Å². The molecular formula is C19H17ClN2O2. The second-order valence-corrected chi connectivity index (χ2v) is 5.86. The quantitative estimate of drug-likeness (QED) is 0.732. The van der Waals surface area contributed by atoms with Crippen molar-refractivity contribution < 1.29 is 9.32 Å². The monoisotopic (exact) mass is 340 g/mol. The number of carbonyl (C=O) groups is 1. The lowest BCUT2D eigenvalue weighted by Crippen LogP contribution is -2.25. The molecule has 0 bridgehead atoms. The van der Waals surface area contributed by atoms with Gasteiger partial charge in [0.15, 0.2) is 0 Å². The van der Waals surface area contributed by atoms with E-state index >= 15 is 0 Å². The number of rotatable bonds is 6. The minimum atomic E-state index is -0.0998. The molecule has 1 atom stereocenters. The maximum atomic E-state index is 12.4. The van der Waals surface area contributed by atoms with E-state index in [1.807, 2.05) is 54.6 Å². The van der Waals surface area contributed by atoms with Gasteiger partial charge in [-0.25, -0.2) is 0 Å². The van der Waals surface area contributed by atoms with Crippen molar-refractivity contribution in [3.8, 4) is 0 Å². The number of hydrogen-bond donors (Lipinski definition) is 1. The second kappa shape index (κ2) is 7.79. The van der Waals surface area contributed by atoms with E-state index in [9.17, 15) is 4.79 Å². The number of amides is 1. The van der Waals surface area contributed by atoms with E-state index in [0.29, 0.717) is 23.7 Å². The Morgan fingerprint density at radius 1 is 1.08 bits per heavy atom. The molecule has 24 heavy (non-hydrogen) atoms. The highest BCUT2D eigenvalue weighted by molar-refractivity contribution is 6.31. The molecule has 1 heterocycles. The standard InChI is InChI=1S/C19H17ClN2O2/c20-18-9-5-4-8-16(18)17(14-6-2-1-3-7-14)12-19(23)21-13-15-10-11-24-22-15/h1-11,17H,12-13H2,(H,21,23). The topological polar surface area (TPSA) is 55.1 Å². The van der Waals surface area contributed by atoms with E-state index in [0.717, 1.165) is 11.1 Å². The average Bonchev–Trinajstić information content (AvgIpc) is 3.13. The third-order valence-electron chi connectivity index (χ3n) is 3.83. The van der Waals surface area contributed by atoms with Gasteiger partial charge in [0.2, 0.25) is 5.91 Å². The number of carbonyl (C=O) groups excluding carboxylic acids is 1. The summed E-state index contributed by atoms with van der Waals surface area (Å²) in [5.41, 5.74) is 2.70. The van der Waals surface area contributed by atoms with Crippen molar-refractivity contribution in [1.29, 1.82) is 0 Å². The Morgan fingerprint density at radius 3 is 2.54 bits per heavy atom. The molecule has 0 fully saturated rings. The maximum absolute atomic E-state index is 12.4. The summed E-state index contributed by atoms with van der Waals surface area (Å²) in [7, 11) is 0. The first-order valence-electron chi connectivity index (χ1n) is 7.69. The number of aromatic nitrogens is 1. The third-order valence-corrected chi connectivity index (χ3v) is 4.17. The molecule has 1 amide bonds. The molecule has 3 aromatic rings. The second-order valence-electron chi connectivity index (χ2n) is 5.46. The predicted molar refractivity (Wildman–Crippen MR) is 92.7 cm³/mol. The molecule has 1 aromatic heterocycles. The van der Waals surface area contributed by atoms with E-state index in [2.05, 4.69) is 10.5 Å². The molecule has 0 radical (unpaired) electrons. The molecule has 5 heteroatoms. The number of nitrogens with one attached hydrogen (secondary N) is 1. The maximum Gasteiger partial charge on any atom is 0.221 e. The first kappa shape index (κ1) is 16.3. The zero-order chi connectivity index (χ0) is 16.8. The largest absolute Gasteiger partial charge is 0.364 e. The number of nitrogens with zero attached hydrogens (tertiary/aromatic N) is 1. The van der Waals surface area contributed by atoms with Crippen LogP contribution in [0.15, 0.2) is 71.4 Å². The summed E-state index contributed by atoms with van der Waals surface area (Å²) in [5, 5.41) is 7.32. The van der Waals surface area contributed by atoms with Crippen molar-refractivity contribution in [3.63, 3.8) is 0 Å². The van der Waals surface area contributed by atoms with Crippen LogP contribution in [0.3, 0.4) is 0 Å². The van der Waals surface area contributed by atoms with Gasteiger partial charge in [-0.15, -0.1) is 0 Å².